The molecule has 3 aromatic heterocycles. The Morgan fingerprint density at radius 2 is 1.91 bits per heavy atom. The fourth-order valence-electron chi connectivity index (χ4n) is 4.02. The smallest absolute Gasteiger partial charge is 0.230 e. The van der Waals surface area contributed by atoms with E-state index in [0.29, 0.717) is 29.7 Å². The Morgan fingerprint density at radius 1 is 1.03 bits per heavy atom. The maximum absolute atomic E-state index is 6.11. The molecule has 0 unspecified atom stereocenters. The van der Waals surface area contributed by atoms with Crippen LogP contribution < -0.4 is 14.2 Å². The maximum Gasteiger partial charge on any atom is 0.230 e. The van der Waals surface area contributed by atoms with Gasteiger partial charge in [-0.25, -0.2) is 15.0 Å². The molecule has 0 saturated carbocycles. The van der Waals surface area contributed by atoms with Crippen molar-refractivity contribution in [2.45, 2.75) is 6.42 Å². The first-order valence-electron chi connectivity index (χ1n) is 11.2. The zero-order valence-electron chi connectivity index (χ0n) is 19.0. The van der Waals surface area contributed by atoms with E-state index in [4.69, 9.17) is 14.2 Å². The third-order valence-electron chi connectivity index (χ3n) is 5.95. The lowest BCUT2D eigenvalue weighted by molar-refractivity contribution is 0.145. The monoisotopic (exact) mass is 448 g/mol. The number of hydrogen-bond donors (Lipinski definition) is 1. The van der Waals surface area contributed by atoms with E-state index in [1.165, 1.54) is 6.33 Å². The first-order chi connectivity index (χ1) is 16.2. The predicted molar refractivity (Wildman–Crippen MR) is 126 cm³/mol. The summed E-state index contributed by atoms with van der Waals surface area (Å²) in [6, 6.07) is 7.62. The van der Waals surface area contributed by atoms with Gasteiger partial charge in [0.05, 0.1) is 30.8 Å². The molecule has 0 spiro atoms. The largest absolute Gasteiger partial charge is 0.493 e. The van der Waals surface area contributed by atoms with E-state index in [0.717, 1.165) is 61.1 Å². The minimum absolute atomic E-state index is 0.446. The lowest BCUT2D eigenvalue weighted by Crippen LogP contribution is -2.44. The molecule has 1 N–H and O–H groups in total. The second-order valence-electron chi connectivity index (χ2n) is 8.23. The van der Waals surface area contributed by atoms with Crippen molar-refractivity contribution in [3.8, 4) is 23.1 Å². The average Bonchev–Trinajstić information content (AvgIpc) is 3.31. The highest BCUT2D eigenvalue weighted by Gasteiger charge is 2.15. The fraction of sp³-hybridized carbons (Fsp3) is 0.375. The topological polar surface area (TPSA) is 88.6 Å². The molecule has 9 nitrogen and oxygen atoms in total. The number of methoxy groups -OCH3 is 1. The van der Waals surface area contributed by atoms with Gasteiger partial charge in [0, 0.05) is 50.4 Å². The number of rotatable bonds is 8. The van der Waals surface area contributed by atoms with Crippen molar-refractivity contribution >= 4 is 21.9 Å². The lowest BCUT2D eigenvalue weighted by Gasteiger charge is -2.32. The van der Waals surface area contributed by atoms with Crippen molar-refractivity contribution in [1.82, 2.24) is 29.7 Å². The van der Waals surface area contributed by atoms with Gasteiger partial charge in [-0.1, -0.05) is 0 Å². The Balaban J connectivity index is 1.31. The Labute approximate surface area is 192 Å². The Bertz CT molecular complexity index is 1240. The van der Waals surface area contributed by atoms with E-state index < -0.39 is 0 Å². The number of aromatic amines is 1. The zero-order valence-corrected chi connectivity index (χ0v) is 19.0. The van der Waals surface area contributed by atoms with Crippen molar-refractivity contribution < 1.29 is 14.2 Å². The Hall–Kier alpha value is -3.43. The molecule has 0 amide bonds. The second kappa shape index (κ2) is 9.60. The van der Waals surface area contributed by atoms with Crippen molar-refractivity contribution in [1.29, 1.82) is 0 Å². The van der Waals surface area contributed by atoms with E-state index in [1.807, 2.05) is 30.5 Å². The number of benzene rings is 1. The van der Waals surface area contributed by atoms with Crippen LogP contribution in [0.1, 0.15) is 6.42 Å². The van der Waals surface area contributed by atoms with Gasteiger partial charge in [-0.2, -0.15) is 0 Å². The molecule has 1 aromatic carbocycles. The van der Waals surface area contributed by atoms with Crippen LogP contribution in [0.3, 0.4) is 0 Å². The van der Waals surface area contributed by atoms with Crippen LogP contribution in [-0.2, 0) is 0 Å². The molecule has 1 fully saturated rings. The first kappa shape index (κ1) is 21.4. The van der Waals surface area contributed by atoms with Crippen LogP contribution in [0.4, 0.5) is 0 Å². The number of likely N-dealkylation sites (N-methyl/N-ethyl adjacent to an activating group) is 1. The average molecular weight is 449 g/mol. The maximum atomic E-state index is 6.11. The van der Waals surface area contributed by atoms with Crippen LogP contribution in [0, 0.1) is 0 Å². The van der Waals surface area contributed by atoms with Gasteiger partial charge in [0.25, 0.3) is 0 Å². The number of pyridine rings is 1. The first-order valence-corrected chi connectivity index (χ1v) is 11.2. The number of aromatic nitrogens is 4. The van der Waals surface area contributed by atoms with Crippen molar-refractivity contribution in [2.75, 3.05) is 53.5 Å². The number of nitrogens with zero attached hydrogens (tertiary/aromatic N) is 5. The molecule has 0 atom stereocenters. The summed E-state index contributed by atoms with van der Waals surface area (Å²) in [5.74, 6) is 2.35. The lowest BCUT2D eigenvalue weighted by atomic mass is 10.2. The number of H-pyrrole nitrogens is 1. The van der Waals surface area contributed by atoms with Crippen LogP contribution in [0.25, 0.3) is 21.9 Å². The molecule has 9 heteroatoms. The summed E-state index contributed by atoms with van der Waals surface area (Å²) >= 11 is 0. The molecule has 1 aliphatic rings. The van der Waals surface area contributed by atoms with Crippen LogP contribution in [0.5, 0.6) is 23.1 Å². The van der Waals surface area contributed by atoms with Gasteiger partial charge < -0.3 is 29.0 Å². The number of ether oxygens (including phenoxy) is 3. The summed E-state index contributed by atoms with van der Waals surface area (Å²) in [7, 11) is 3.80. The molecule has 5 rings (SSSR count). The highest BCUT2D eigenvalue weighted by molar-refractivity contribution is 5.87. The Morgan fingerprint density at radius 3 is 2.76 bits per heavy atom. The van der Waals surface area contributed by atoms with Crippen LogP contribution in [-0.4, -0.2) is 83.2 Å². The quantitative estimate of drug-likeness (QED) is 0.411. The highest BCUT2D eigenvalue weighted by Crippen LogP contribution is 2.36. The predicted octanol–water partition coefficient (Wildman–Crippen LogP) is 3.32. The van der Waals surface area contributed by atoms with E-state index in [2.05, 4.69) is 36.8 Å². The Kier molecular flexibility index (Phi) is 6.23. The van der Waals surface area contributed by atoms with E-state index >= 15 is 0 Å². The van der Waals surface area contributed by atoms with E-state index in [-0.39, 0.29) is 0 Å². The molecule has 0 aliphatic carbocycles. The fourth-order valence-corrected chi connectivity index (χ4v) is 4.02. The zero-order chi connectivity index (χ0) is 22.6. The normalized spacial score (nSPS) is 15.2. The summed E-state index contributed by atoms with van der Waals surface area (Å²) in [5.41, 5.74) is 1.53. The van der Waals surface area contributed by atoms with Crippen molar-refractivity contribution in [3.05, 3.63) is 43.0 Å². The molecule has 33 heavy (non-hydrogen) atoms. The van der Waals surface area contributed by atoms with Gasteiger partial charge in [0.1, 0.15) is 17.7 Å². The van der Waals surface area contributed by atoms with Crippen LogP contribution in [0.2, 0.25) is 0 Å². The molecule has 1 saturated heterocycles. The van der Waals surface area contributed by atoms with Crippen molar-refractivity contribution in [2.24, 2.45) is 0 Å². The molecular weight excluding hydrogens is 420 g/mol. The third-order valence-corrected chi connectivity index (χ3v) is 5.95. The summed E-state index contributed by atoms with van der Waals surface area (Å²) in [4.78, 5) is 21.0. The summed E-state index contributed by atoms with van der Waals surface area (Å²) in [5, 5.41) is 1.72. The molecule has 0 bridgehead atoms. The van der Waals surface area contributed by atoms with Crippen LogP contribution >= 0.6 is 0 Å². The van der Waals surface area contributed by atoms with Crippen molar-refractivity contribution in [3.63, 3.8) is 0 Å². The van der Waals surface area contributed by atoms with Gasteiger partial charge in [0.15, 0.2) is 11.5 Å². The SMILES string of the molecule is COc1cc2ncnc(Oc3cnc4[nH]ccc4c3)c2cc1OCCCN1CCN(C)CC1. The minimum Gasteiger partial charge on any atom is -0.493 e. The molecule has 0 radical (unpaired) electrons. The van der Waals surface area contributed by atoms with E-state index in [1.54, 1.807) is 13.3 Å². The van der Waals surface area contributed by atoms with Crippen LogP contribution in [0.15, 0.2) is 43.0 Å². The van der Waals surface area contributed by atoms with Gasteiger partial charge >= 0.3 is 0 Å². The van der Waals surface area contributed by atoms with Gasteiger partial charge in [-0.3, -0.25) is 0 Å². The summed E-state index contributed by atoms with van der Waals surface area (Å²) in [6.45, 7) is 6.08. The molecular formula is C24H28N6O3. The summed E-state index contributed by atoms with van der Waals surface area (Å²) in [6.07, 6.45) is 5.95. The van der Waals surface area contributed by atoms with Gasteiger partial charge in [-0.15, -0.1) is 0 Å². The van der Waals surface area contributed by atoms with Gasteiger partial charge in [0.2, 0.25) is 5.88 Å². The number of fused-ring (bicyclic) bond motifs is 2. The minimum atomic E-state index is 0.446. The standard InChI is InChI=1S/C24H28N6O3/c1-29-7-9-30(10-8-29)6-3-11-32-22-13-19-20(14-21(22)31-2)27-16-28-24(19)33-18-12-17-4-5-25-23(17)26-15-18/h4-5,12-16H,3,6-11H2,1-2H3,(H,25,26). The third kappa shape index (κ3) is 4.84. The molecule has 4 aromatic rings. The number of nitrogens with one attached hydrogen (secondary N) is 1. The van der Waals surface area contributed by atoms with E-state index in [9.17, 15) is 0 Å². The molecule has 4 heterocycles. The second-order valence-corrected chi connectivity index (χ2v) is 8.23. The number of piperazine rings is 1. The summed E-state index contributed by atoms with van der Waals surface area (Å²) < 4.78 is 17.7. The molecule has 172 valence electrons. The molecule has 1 aliphatic heterocycles. The van der Waals surface area contributed by atoms with Gasteiger partial charge in [-0.05, 0) is 31.7 Å². The number of hydrogen-bond acceptors (Lipinski definition) is 8. The highest BCUT2D eigenvalue weighted by atomic mass is 16.5.